The van der Waals surface area contributed by atoms with Crippen molar-refractivity contribution in [2.75, 3.05) is 40.0 Å². The van der Waals surface area contributed by atoms with Gasteiger partial charge in [-0.1, -0.05) is 55.1 Å². The number of methoxy groups -OCH3 is 1. The van der Waals surface area contributed by atoms with E-state index in [2.05, 4.69) is 11.9 Å². The van der Waals surface area contributed by atoms with Crippen molar-refractivity contribution in [3.63, 3.8) is 0 Å². The van der Waals surface area contributed by atoms with E-state index in [-0.39, 0.29) is 32.3 Å². The number of unbranched alkanes of at least 4 members (excludes halogenated alkanes) is 2. The van der Waals surface area contributed by atoms with Crippen molar-refractivity contribution in [3.05, 3.63) is 30.6 Å². The zero-order valence-corrected chi connectivity index (χ0v) is 23.3. The Morgan fingerprint density at radius 3 is 2.53 bits per heavy atom. The van der Waals surface area contributed by atoms with Gasteiger partial charge in [-0.2, -0.15) is 0 Å². The van der Waals surface area contributed by atoms with Crippen LogP contribution in [-0.4, -0.2) is 70.7 Å². The van der Waals surface area contributed by atoms with Gasteiger partial charge in [0.15, 0.2) is 0 Å². The summed E-state index contributed by atoms with van der Waals surface area (Å²) in [7, 11) is 1.63. The highest BCUT2D eigenvalue weighted by molar-refractivity contribution is 6.57. The lowest BCUT2D eigenvalue weighted by atomic mass is 9.83. The number of nitrogens with zero attached hydrogens (tertiary/aromatic N) is 3. The van der Waals surface area contributed by atoms with Crippen LogP contribution in [0.15, 0.2) is 30.6 Å². The largest absolute Gasteiger partial charge is 0.464 e. The first-order valence-corrected chi connectivity index (χ1v) is 13.2. The molecule has 1 aromatic heterocycles. The van der Waals surface area contributed by atoms with Crippen molar-refractivity contribution in [1.82, 2.24) is 14.5 Å². The van der Waals surface area contributed by atoms with E-state index >= 15 is 0 Å². The zero-order chi connectivity index (χ0) is 26.6. The smallest absolute Gasteiger partial charge is 0.342 e. The average Bonchev–Trinajstić information content (AvgIpc) is 3.26. The van der Waals surface area contributed by atoms with Crippen LogP contribution >= 0.6 is 23.2 Å². The standard InChI is InChI=1S/C26H39Cl2N3O5/c1-5-7-10-14-30(15-11-16-34-4)23(32)25(3,17-26(27,28)24(33)36-6-2)18-35-20-31-19-29-21-12-8-9-13-22(21)31/h8-9,12-13,19H,5-7,10-11,14-18,20H2,1-4H3. The molecule has 202 valence electrons. The molecule has 10 heteroatoms. The Bertz CT molecular complexity index is 958. The van der Waals surface area contributed by atoms with E-state index < -0.39 is 15.7 Å². The molecule has 1 heterocycles. The average molecular weight is 545 g/mol. The lowest BCUT2D eigenvalue weighted by Crippen LogP contribution is -2.49. The highest BCUT2D eigenvalue weighted by Gasteiger charge is 2.48. The summed E-state index contributed by atoms with van der Waals surface area (Å²) in [6.45, 7) is 7.51. The third-order valence-corrected chi connectivity index (χ3v) is 6.55. The molecule has 0 aliphatic rings. The SMILES string of the molecule is CCCCCN(CCCOC)C(=O)C(C)(COCn1cnc2ccccc21)CC(Cl)(Cl)C(=O)OCC. The number of rotatable bonds is 17. The molecule has 0 bridgehead atoms. The molecule has 1 unspecified atom stereocenters. The molecule has 0 aliphatic carbocycles. The first-order chi connectivity index (χ1) is 17.2. The quantitative estimate of drug-likeness (QED) is 0.155. The molecule has 2 aromatic rings. The second-order valence-electron chi connectivity index (χ2n) is 9.19. The van der Waals surface area contributed by atoms with Crippen molar-refractivity contribution in [3.8, 4) is 0 Å². The van der Waals surface area contributed by atoms with Crippen LogP contribution in [-0.2, 0) is 30.5 Å². The maximum absolute atomic E-state index is 13.9. The number of amides is 1. The van der Waals surface area contributed by atoms with Crippen molar-refractivity contribution >= 4 is 46.1 Å². The van der Waals surface area contributed by atoms with Gasteiger partial charge in [-0.3, -0.25) is 4.79 Å². The van der Waals surface area contributed by atoms with Crippen LogP contribution in [0, 0.1) is 5.41 Å². The molecule has 0 spiro atoms. The second-order valence-corrected chi connectivity index (χ2v) is 10.7. The summed E-state index contributed by atoms with van der Waals surface area (Å²) >= 11 is 12.9. The minimum absolute atomic E-state index is 0.00743. The van der Waals surface area contributed by atoms with E-state index in [0.29, 0.717) is 26.1 Å². The fraction of sp³-hybridized carbons (Fsp3) is 0.654. The number of carbonyl (C=O) groups is 2. The maximum Gasteiger partial charge on any atom is 0.342 e. The van der Waals surface area contributed by atoms with Gasteiger partial charge in [-0.25, -0.2) is 9.78 Å². The Morgan fingerprint density at radius 2 is 1.83 bits per heavy atom. The lowest BCUT2D eigenvalue weighted by molar-refractivity contribution is -0.150. The van der Waals surface area contributed by atoms with E-state index in [9.17, 15) is 9.59 Å². The predicted molar refractivity (Wildman–Crippen MR) is 142 cm³/mol. The molecule has 0 fully saturated rings. The number of ether oxygens (including phenoxy) is 3. The van der Waals surface area contributed by atoms with Gasteiger partial charge in [-0.05, 0) is 38.8 Å². The van der Waals surface area contributed by atoms with Gasteiger partial charge >= 0.3 is 5.97 Å². The van der Waals surface area contributed by atoms with Gasteiger partial charge in [-0.15, -0.1) is 0 Å². The Labute approximate surface area is 224 Å². The number of carbonyl (C=O) groups excluding carboxylic acids is 2. The molecule has 2 rings (SSSR count). The summed E-state index contributed by atoms with van der Waals surface area (Å²) in [6.07, 6.45) is 5.15. The third-order valence-electron chi connectivity index (χ3n) is 5.98. The summed E-state index contributed by atoms with van der Waals surface area (Å²) in [4.78, 5) is 32.6. The molecule has 0 radical (unpaired) electrons. The Hall–Kier alpha value is -1.87. The first kappa shape index (κ1) is 30.4. The Kier molecular flexibility index (Phi) is 12.4. The minimum Gasteiger partial charge on any atom is -0.464 e. The van der Waals surface area contributed by atoms with E-state index in [0.717, 1.165) is 30.3 Å². The lowest BCUT2D eigenvalue weighted by Gasteiger charge is -2.37. The van der Waals surface area contributed by atoms with Gasteiger partial charge in [0.05, 0.1) is 36.0 Å². The molecule has 1 aromatic carbocycles. The first-order valence-electron chi connectivity index (χ1n) is 12.5. The molecular formula is C26H39Cl2N3O5. The number of alkyl halides is 2. The van der Waals surface area contributed by atoms with E-state index in [1.165, 1.54) is 0 Å². The topological polar surface area (TPSA) is 82.9 Å². The molecular weight excluding hydrogens is 505 g/mol. The van der Waals surface area contributed by atoms with Gasteiger partial charge in [0, 0.05) is 33.2 Å². The van der Waals surface area contributed by atoms with Crippen LogP contribution < -0.4 is 0 Å². The number of esters is 1. The minimum atomic E-state index is -1.90. The number of halogens is 2. The van der Waals surface area contributed by atoms with Gasteiger partial charge in [0.25, 0.3) is 0 Å². The van der Waals surface area contributed by atoms with E-state index in [4.69, 9.17) is 37.4 Å². The fourth-order valence-corrected chi connectivity index (χ4v) is 4.82. The van der Waals surface area contributed by atoms with Crippen LogP contribution in [0.4, 0.5) is 0 Å². The number of aromatic nitrogens is 2. The van der Waals surface area contributed by atoms with Crippen molar-refractivity contribution in [2.45, 2.75) is 63.9 Å². The maximum atomic E-state index is 13.9. The number of fused-ring (bicyclic) bond motifs is 1. The Balaban J connectivity index is 2.25. The van der Waals surface area contributed by atoms with E-state index in [1.54, 1.807) is 32.2 Å². The number of para-hydroxylation sites is 2. The fourth-order valence-electron chi connectivity index (χ4n) is 4.12. The molecule has 0 saturated carbocycles. The highest BCUT2D eigenvalue weighted by Crippen LogP contribution is 2.39. The number of hydrogen-bond donors (Lipinski definition) is 0. The monoisotopic (exact) mass is 543 g/mol. The van der Waals surface area contributed by atoms with Crippen LogP contribution in [0.1, 0.15) is 52.9 Å². The molecule has 1 amide bonds. The van der Waals surface area contributed by atoms with Gasteiger partial charge in [0.1, 0.15) is 6.73 Å². The molecule has 0 aliphatic heterocycles. The predicted octanol–water partition coefficient (Wildman–Crippen LogP) is 5.20. The van der Waals surface area contributed by atoms with Gasteiger partial charge < -0.3 is 23.7 Å². The van der Waals surface area contributed by atoms with Crippen molar-refractivity contribution < 1.29 is 23.8 Å². The zero-order valence-electron chi connectivity index (χ0n) is 21.8. The summed E-state index contributed by atoms with van der Waals surface area (Å²) in [5.41, 5.74) is 0.594. The summed E-state index contributed by atoms with van der Waals surface area (Å²) < 4.78 is 16.3. The summed E-state index contributed by atoms with van der Waals surface area (Å²) in [6, 6.07) is 7.72. The second kappa shape index (κ2) is 14.8. The Morgan fingerprint density at radius 1 is 1.11 bits per heavy atom. The van der Waals surface area contributed by atoms with Gasteiger partial charge in [0.2, 0.25) is 10.2 Å². The molecule has 0 N–H and O–H groups in total. The molecule has 8 nitrogen and oxygen atoms in total. The molecule has 36 heavy (non-hydrogen) atoms. The molecule has 1 atom stereocenters. The van der Waals surface area contributed by atoms with Crippen LogP contribution in [0.3, 0.4) is 0 Å². The summed E-state index contributed by atoms with van der Waals surface area (Å²) in [5.74, 6) is -0.940. The number of hydrogen-bond acceptors (Lipinski definition) is 6. The highest BCUT2D eigenvalue weighted by atomic mass is 35.5. The third kappa shape index (κ3) is 8.61. The number of benzene rings is 1. The number of imidazole rings is 1. The van der Waals surface area contributed by atoms with Crippen molar-refractivity contribution in [1.29, 1.82) is 0 Å². The van der Waals surface area contributed by atoms with Crippen LogP contribution in [0.25, 0.3) is 11.0 Å². The normalized spacial score (nSPS) is 13.5. The summed E-state index contributed by atoms with van der Waals surface area (Å²) in [5, 5.41) is 0. The van der Waals surface area contributed by atoms with Crippen molar-refractivity contribution in [2.24, 2.45) is 5.41 Å². The molecule has 0 saturated heterocycles. The van der Waals surface area contributed by atoms with Crippen LogP contribution in [0.2, 0.25) is 0 Å². The van der Waals surface area contributed by atoms with Crippen LogP contribution in [0.5, 0.6) is 0 Å². The van der Waals surface area contributed by atoms with E-state index in [1.807, 2.05) is 28.8 Å².